The third-order valence-corrected chi connectivity index (χ3v) is 3.73. The number of nitrogens with two attached hydrogens (primary N) is 1. The zero-order chi connectivity index (χ0) is 17.0. The highest BCUT2D eigenvalue weighted by Gasteiger charge is 2.15. The molecule has 1 amide bonds. The minimum absolute atomic E-state index is 0.0332. The second-order valence-electron chi connectivity index (χ2n) is 4.52. The Morgan fingerprint density at radius 2 is 2.26 bits per heavy atom. The molecule has 120 valence electrons. The van der Waals surface area contributed by atoms with Gasteiger partial charge >= 0.3 is 0 Å². The molecule has 2 rings (SSSR count). The molecule has 0 spiro atoms. The number of amides is 1. The number of carbonyl (C=O) groups excluding carboxylic acids is 1. The van der Waals surface area contributed by atoms with Gasteiger partial charge < -0.3 is 16.0 Å². The van der Waals surface area contributed by atoms with Gasteiger partial charge in [-0.3, -0.25) is 19.7 Å². The number of benzene rings is 1. The van der Waals surface area contributed by atoms with E-state index < -0.39 is 10.5 Å². The topological polar surface area (TPSA) is 144 Å². The highest BCUT2D eigenvalue weighted by Crippen LogP contribution is 2.25. The molecule has 1 aromatic carbocycles. The molecule has 0 aliphatic heterocycles. The monoisotopic (exact) mass is 335 g/mol. The van der Waals surface area contributed by atoms with E-state index in [9.17, 15) is 19.7 Å². The van der Waals surface area contributed by atoms with Crippen LogP contribution in [-0.2, 0) is 4.79 Å². The molecule has 0 fully saturated rings. The molecule has 23 heavy (non-hydrogen) atoms. The first-order chi connectivity index (χ1) is 10.9. The number of nitrogen functional groups attached to an aromatic ring is 1. The third kappa shape index (κ3) is 4.30. The van der Waals surface area contributed by atoms with E-state index in [2.05, 4.69) is 15.3 Å². The number of aromatic nitrogens is 2. The standard InChI is InChI=1S/C13H13N5O4S/c1-7-8(3-2-4-9(7)18(21)22)15-12(20)6-23-13-16-10(14)5-11(19)17-13/h2-5H,6H2,1H3,(H,15,20)(H3,14,16,17,19). The van der Waals surface area contributed by atoms with E-state index in [-0.39, 0.29) is 28.3 Å². The predicted molar refractivity (Wildman–Crippen MR) is 86.5 cm³/mol. The van der Waals surface area contributed by atoms with Crippen molar-refractivity contribution in [2.45, 2.75) is 12.1 Å². The Bertz CT molecular complexity index is 820. The van der Waals surface area contributed by atoms with Crippen LogP contribution in [0.2, 0.25) is 0 Å². The van der Waals surface area contributed by atoms with E-state index in [0.717, 1.165) is 17.8 Å². The Kier molecular flexibility index (Phi) is 4.96. The molecule has 9 nitrogen and oxygen atoms in total. The van der Waals surface area contributed by atoms with Gasteiger partial charge in [0.05, 0.1) is 21.9 Å². The highest BCUT2D eigenvalue weighted by atomic mass is 32.2. The number of nitrogens with one attached hydrogen (secondary N) is 2. The summed E-state index contributed by atoms with van der Waals surface area (Å²) >= 11 is 1.000. The van der Waals surface area contributed by atoms with Crippen molar-refractivity contribution in [3.63, 3.8) is 0 Å². The summed E-state index contributed by atoms with van der Waals surface area (Å²) in [7, 11) is 0. The number of carbonyl (C=O) groups is 1. The first kappa shape index (κ1) is 16.5. The van der Waals surface area contributed by atoms with E-state index >= 15 is 0 Å². The van der Waals surface area contributed by atoms with Crippen molar-refractivity contribution in [2.24, 2.45) is 0 Å². The van der Waals surface area contributed by atoms with Gasteiger partial charge in [0.2, 0.25) is 5.91 Å². The van der Waals surface area contributed by atoms with Crippen LogP contribution in [0.25, 0.3) is 0 Å². The molecule has 0 saturated carbocycles. The molecule has 0 atom stereocenters. The number of thioether (sulfide) groups is 1. The van der Waals surface area contributed by atoms with E-state index in [4.69, 9.17) is 5.73 Å². The number of hydrogen-bond acceptors (Lipinski definition) is 7. The summed E-state index contributed by atoms with van der Waals surface area (Å²) in [6.07, 6.45) is 0. The quantitative estimate of drug-likeness (QED) is 0.323. The van der Waals surface area contributed by atoms with Crippen molar-refractivity contribution in [2.75, 3.05) is 16.8 Å². The molecule has 1 aromatic heterocycles. The van der Waals surface area contributed by atoms with Gasteiger partial charge in [-0.1, -0.05) is 17.8 Å². The Labute approximate surface area is 134 Å². The fraction of sp³-hybridized carbons (Fsp3) is 0.154. The highest BCUT2D eigenvalue weighted by molar-refractivity contribution is 7.99. The molecule has 0 aliphatic carbocycles. The number of nitro benzene ring substituents is 1. The van der Waals surface area contributed by atoms with Crippen LogP contribution in [0.15, 0.2) is 34.2 Å². The second kappa shape index (κ2) is 6.92. The lowest BCUT2D eigenvalue weighted by Crippen LogP contribution is -2.16. The van der Waals surface area contributed by atoms with Crippen LogP contribution >= 0.6 is 11.8 Å². The minimum Gasteiger partial charge on any atom is -0.383 e. The lowest BCUT2D eigenvalue weighted by molar-refractivity contribution is -0.385. The summed E-state index contributed by atoms with van der Waals surface area (Å²) in [5.74, 6) is -0.357. The molecule has 0 radical (unpaired) electrons. The molecular formula is C13H13N5O4S. The maximum absolute atomic E-state index is 11.9. The summed E-state index contributed by atoms with van der Waals surface area (Å²) in [5, 5.41) is 13.7. The lowest BCUT2D eigenvalue weighted by atomic mass is 10.1. The van der Waals surface area contributed by atoms with Gasteiger partial charge in [-0.05, 0) is 13.0 Å². The van der Waals surface area contributed by atoms with Gasteiger partial charge in [-0.2, -0.15) is 0 Å². The maximum Gasteiger partial charge on any atom is 0.274 e. The molecular weight excluding hydrogens is 322 g/mol. The van der Waals surface area contributed by atoms with Gasteiger partial charge in [0, 0.05) is 12.1 Å². The maximum atomic E-state index is 11.9. The molecule has 10 heteroatoms. The second-order valence-corrected chi connectivity index (χ2v) is 5.48. The molecule has 0 aliphatic rings. The first-order valence-electron chi connectivity index (χ1n) is 6.40. The first-order valence-corrected chi connectivity index (χ1v) is 7.39. The number of nitro groups is 1. The average molecular weight is 335 g/mol. The van der Waals surface area contributed by atoms with E-state index in [1.165, 1.54) is 12.1 Å². The van der Waals surface area contributed by atoms with Crippen LogP contribution in [-0.4, -0.2) is 26.6 Å². The van der Waals surface area contributed by atoms with E-state index in [1.807, 2.05) is 0 Å². The average Bonchev–Trinajstić information content (AvgIpc) is 2.46. The van der Waals surface area contributed by atoms with Gasteiger partial charge in [0.25, 0.3) is 11.2 Å². The largest absolute Gasteiger partial charge is 0.383 e. The van der Waals surface area contributed by atoms with Crippen molar-refractivity contribution >= 4 is 34.9 Å². The van der Waals surface area contributed by atoms with Crippen molar-refractivity contribution in [3.05, 3.63) is 50.3 Å². The zero-order valence-corrected chi connectivity index (χ0v) is 12.8. The fourth-order valence-corrected chi connectivity index (χ4v) is 2.48. The van der Waals surface area contributed by atoms with Crippen LogP contribution in [0.1, 0.15) is 5.56 Å². The molecule has 0 bridgehead atoms. The van der Waals surface area contributed by atoms with Crippen molar-refractivity contribution < 1.29 is 9.72 Å². The summed E-state index contributed by atoms with van der Waals surface area (Å²) in [5.41, 5.74) is 5.69. The predicted octanol–water partition coefficient (Wildman–Crippen LogP) is 1.30. The summed E-state index contributed by atoms with van der Waals surface area (Å²) in [6.45, 7) is 1.55. The molecule has 4 N–H and O–H groups in total. The minimum atomic E-state index is -0.513. The Morgan fingerprint density at radius 1 is 1.52 bits per heavy atom. The normalized spacial score (nSPS) is 10.3. The van der Waals surface area contributed by atoms with Gasteiger partial charge in [-0.25, -0.2) is 4.98 Å². The molecule has 0 unspecified atom stereocenters. The van der Waals surface area contributed by atoms with Gasteiger partial charge in [-0.15, -0.1) is 0 Å². The summed E-state index contributed by atoms with van der Waals surface area (Å²) < 4.78 is 0. The SMILES string of the molecule is Cc1c(NC(=O)CSc2nc(N)cc(=O)[nH]2)cccc1[N+](=O)[O-]. The number of nitrogens with zero attached hydrogens (tertiary/aromatic N) is 2. The third-order valence-electron chi connectivity index (χ3n) is 2.86. The lowest BCUT2D eigenvalue weighted by Gasteiger charge is -2.08. The molecule has 0 saturated heterocycles. The van der Waals surface area contributed by atoms with Gasteiger partial charge in [0.1, 0.15) is 5.82 Å². The molecule has 1 heterocycles. The fourth-order valence-electron chi connectivity index (χ4n) is 1.80. The van der Waals surface area contributed by atoms with Crippen molar-refractivity contribution in [1.82, 2.24) is 9.97 Å². The number of H-pyrrole nitrogens is 1. The van der Waals surface area contributed by atoms with Gasteiger partial charge in [0.15, 0.2) is 5.16 Å². The van der Waals surface area contributed by atoms with Crippen LogP contribution < -0.4 is 16.6 Å². The van der Waals surface area contributed by atoms with Crippen LogP contribution in [0, 0.1) is 17.0 Å². The van der Waals surface area contributed by atoms with Crippen LogP contribution in [0.3, 0.4) is 0 Å². The number of anilines is 2. The zero-order valence-electron chi connectivity index (χ0n) is 12.0. The number of hydrogen-bond donors (Lipinski definition) is 3. The Hall–Kier alpha value is -2.88. The summed E-state index contributed by atoms with van der Waals surface area (Å²) in [4.78, 5) is 39.9. The van der Waals surface area contributed by atoms with Crippen LogP contribution in [0.5, 0.6) is 0 Å². The van der Waals surface area contributed by atoms with Crippen molar-refractivity contribution in [1.29, 1.82) is 0 Å². The smallest absolute Gasteiger partial charge is 0.274 e. The number of rotatable bonds is 5. The van der Waals surface area contributed by atoms with E-state index in [1.54, 1.807) is 13.0 Å². The Balaban J connectivity index is 2.04. The molecule has 2 aromatic rings. The summed E-state index contributed by atoms with van der Waals surface area (Å²) in [6, 6.07) is 5.56. The van der Waals surface area contributed by atoms with E-state index in [0.29, 0.717) is 11.3 Å². The van der Waals surface area contributed by atoms with Crippen LogP contribution in [0.4, 0.5) is 17.2 Å². The Morgan fingerprint density at radius 3 is 2.91 bits per heavy atom. The van der Waals surface area contributed by atoms with Crippen molar-refractivity contribution in [3.8, 4) is 0 Å². The number of aromatic amines is 1.